The second-order valence-electron chi connectivity index (χ2n) is 5.19. The molecule has 0 unspecified atom stereocenters. The van der Waals surface area contributed by atoms with Crippen molar-refractivity contribution in [3.63, 3.8) is 0 Å². The first kappa shape index (κ1) is 15.4. The number of ether oxygens (including phenoxy) is 1. The molecule has 0 aliphatic heterocycles. The largest absolute Gasteiger partial charge is 0.497 e. The van der Waals surface area contributed by atoms with E-state index in [2.05, 4.69) is 19.2 Å². The molecule has 0 radical (unpaired) electrons. The second-order valence-corrected chi connectivity index (χ2v) is 5.19. The number of nitrogens with one attached hydrogen (secondary N) is 1. The van der Waals surface area contributed by atoms with Crippen molar-refractivity contribution in [1.82, 2.24) is 5.32 Å². The summed E-state index contributed by atoms with van der Waals surface area (Å²) >= 11 is 0. The van der Waals surface area contributed by atoms with Crippen LogP contribution in [-0.4, -0.2) is 13.2 Å². The molecule has 0 saturated carbocycles. The molecular weight excluding hydrogens is 272 g/mol. The van der Waals surface area contributed by atoms with Gasteiger partial charge in [-0.3, -0.25) is 0 Å². The van der Waals surface area contributed by atoms with Gasteiger partial charge in [-0.2, -0.15) is 0 Å². The van der Waals surface area contributed by atoms with Crippen molar-refractivity contribution in [3.05, 3.63) is 53.6 Å². The molecule has 2 nitrogen and oxygen atoms in total. The SMILES string of the molecule is COc1ccc(-c2ccc(F)c(F)c2)c(CNC(C)C)c1. The smallest absolute Gasteiger partial charge is 0.159 e. The summed E-state index contributed by atoms with van der Waals surface area (Å²) in [6.07, 6.45) is 0. The van der Waals surface area contributed by atoms with Gasteiger partial charge in [-0.25, -0.2) is 8.78 Å². The quantitative estimate of drug-likeness (QED) is 0.894. The summed E-state index contributed by atoms with van der Waals surface area (Å²) in [5.74, 6) is -0.943. The molecule has 0 amide bonds. The van der Waals surface area contributed by atoms with E-state index in [0.717, 1.165) is 22.9 Å². The number of hydrogen-bond donors (Lipinski definition) is 1. The van der Waals surface area contributed by atoms with Crippen LogP contribution in [0.3, 0.4) is 0 Å². The lowest BCUT2D eigenvalue weighted by atomic mass is 9.99. The second kappa shape index (κ2) is 6.68. The zero-order valence-corrected chi connectivity index (χ0v) is 12.4. The van der Waals surface area contributed by atoms with Gasteiger partial charge in [0.15, 0.2) is 11.6 Å². The Bertz CT molecular complexity index is 626. The minimum absolute atomic E-state index is 0.328. The monoisotopic (exact) mass is 291 g/mol. The molecule has 1 N–H and O–H groups in total. The Balaban J connectivity index is 2.42. The zero-order chi connectivity index (χ0) is 15.4. The third-order valence-electron chi connectivity index (χ3n) is 3.24. The molecule has 2 rings (SSSR count). The van der Waals surface area contributed by atoms with Gasteiger partial charge in [0.1, 0.15) is 5.75 Å². The first-order valence-electron chi connectivity index (χ1n) is 6.87. The molecule has 0 heterocycles. The van der Waals surface area contributed by atoms with Gasteiger partial charge in [0.2, 0.25) is 0 Å². The Kier molecular flexibility index (Phi) is 4.91. The fourth-order valence-corrected chi connectivity index (χ4v) is 2.10. The van der Waals surface area contributed by atoms with Gasteiger partial charge in [-0.05, 0) is 41.0 Å². The third kappa shape index (κ3) is 3.79. The van der Waals surface area contributed by atoms with Gasteiger partial charge < -0.3 is 10.1 Å². The Morgan fingerprint density at radius 1 is 1.05 bits per heavy atom. The number of halogens is 2. The molecule has 0 fully saturated rings. The summed E-state index contributed by atoms with van der Waals surface area (Å²) in [5, 5.41) is 3.33. The molecular formula is C17H19F2NO. The van der Waals surface area contributed by atoms with Crippen molar-refractivity contribution in [2.24, 2.45) is 0 Å². The normalized spacial score (nSPS) is 11.0. The standard InChI is InChI=1S/C17H19F2NO/c1-11(2)20-10-13-8-14(21-3)5-6-15(13)12-4-7-16(18)17(19)9-12/h4-9,11,20H,10H2,1-3H3. The molecule has 2 aromatic carbocycles. The van der Waals surface area contributed by atoms with E-state index in [9.17, 15) is 8.78 Å². The Labute approximate surface area is 123 Å². The zero-order valence-electron chi connectivity index (χ0n) is 12.4. The van der Waals surface area contributed by atoms with Gasteiger partial charge >= 0.3 is 0 Å². The number of methoxy groups -OCH3 is 1. The lowest BCUT2D eigenvalue weighted by molar-refractivity contribution is 0.414. The van der Waals surface area contributed by atoms with Crippen LogP contribution >= 0.6 is 0 Å². The minimum Gasteiger partial charge on any atom is -0.497 e. The summed E-state index contributed by atoms with van der Waals surface area (Å²) in [4.78, 5) is 0. The highest BCUT2D eigenvalue weighted by Crippen LogP contribution is 2.28. The Morgan fingerprint density at radius 3 is 2.43 bits per heavy atom. The lowest BCUT2D eigenvalue weighted by Gasteiger charge is -2.14. The fourth-order valence-electron chi connectivity index (χ4n) is 2.10. The van der Waals surface area contributed by atoms with Gasteiger partial charge in [0, 0.05) is 12.6 Å². The highest BCUT2D eigenvalue weighted by Gasteiger charge is 2.10. The maximum absolute atomic E-state index is 13.4. The summed E-state index contributed by atoms with van der Waals surface area (Å²) in [6.45, 7) is 4.73. The van der Waals surface area contributed by atoms with Crippen molar-refractivity contribution >= 4 is 0 Å². The molecule has 2 aromatic rings. The molecule has 0 aromatic heterocycles. The van der Waals surface area contributed by atoms with E-state index in [1.807, 2.05) is 18.2 Å². The number of benzene rings is 2. The first-order chi connectivity index (χ1) is 10.0. The van der Waals surface area contributed by atoms with Crippen molar-refractivity contribution in [1.29, 1.82) is 0 Å². The summed E-state index contributed by atoms with van der Waals surface area (Å²) in [5.41, 5.74) is 2.49. The summed E-state index contributed by atoms with van der Waals surface area (Å²) in [6, 6.07) is 9.86. The molecule has 0 atom stereocenters. The van der Waals surface area contributed by atoms with Crippen LogP contribution in [-0.2, 0) is 6.54 Å². The fraction of sp³-hybridized carbons (Fsp3) is 0.294. The van der Waals surface area contributed by atoms with E-state index in [-0.39, 0.29) is 0 Å². The first-order valence-corrected chi connectivity index (χ1v) is 6.87. The van der Waals surface area contributed by atoms with Gasteiger partial charge in [0.25, 0.3) is 0 Å². The van der Waals surface area contributed by atoms with Crippen LogP contribution in [0.4, 0.5) is 8.78 Å². The van der Waals surface area contributed by atoms with E-state index in [1.165, 1.54) is 6.07 Å². The van der Waals surface area contributed by atoms with Crippen LogP contribution in [0.2, 0.25) is 0 Å². The van der Waals surface area contributed by atoms with Gasteiger partial charge in [-0.15, -0.1) is 0 Å². The van der Waals surface area contributed by atoms with E-state index in [1.54, 1.807) is 13.2 Å². The van der Waals surface area contributed by atoms with Crippen molar-refractivity contribution in [2.75, 3.05) is 7.11 Å². The summed E-state index contributed by atoms with van der Waals surface area (Å²) < 4.78 is 31.8. The molecule has 0 spiro atoms. The molecule has 0 bridgehead atoms. The predicted molar refractivity (Wildman–Crippen MR) is 80.3 cm³/mol. The van der Waals surface area contributed by atoms with Gasteiger partial charge in [0.05, 0.1) is 7.11 Å². The van der Waals surface area contributed by atoms with Crippen LogP contribution in [0.5, 0.6) is 5.75 Å². The molecule has 112 valence electrons. The maximum Gasteiger partial charge on any atom is 0.159 e. The number of hydrogen-bond acceptors (Lipinski definition) is 2. The van der Waals surface area contributed by atoms with Crippen LogP contribution < -0.4 is 10.1 Å². The maximum atomic E-state index is 13.4. The van der Waals surface area contributed by atoms with E-state index < -0.39 is 11.6 Å². The molecule has 0 aliphatic carbocycles. The molecule has 0 aliphatic rings. The average Bonchev–Trinajstić information content (AvgIpc) is 2.47. The van der Waals surface area contributed by atoms with Crippen LogP contribution in [0.15, 0.2) is 36.4 Å². The highest BCUT2D eigenvalue weighted by atomic mass is 19.2. The lowest BCUT2D eigenvalue weighted by Crippen LogP contribution is -2.22. The van der Waals surface area contributed by atoms with Crippen LogP contribution in [0.25, 0.3) is 11.1 Å². The highest BCUT2D eigenvalue weighted by molar-refractivity contribution is 5.68. The van der Waals surface area contributed by atoms with Crippen LogP contribution in [0.1, 0.15) is 19.4 Å². The predicted octanol–water partition coefficient (Wildman–Crippen LogP) is 4.14. The van der Waals surface area contributed by atoms with E-state index in [0.29, 0.717) is 18.2 Å². The molecule has 0 saturated heterocycles. The summed E-state index contributed by atoms with van der Waals surface area (Å²) in [7, 11) is 1.60. The Morgan fingerprint density at radius 2 is 1.81 bits per heavy atom. The van der Waals surface area contributed by atoms with Gasteiger partial charge in [-0.1, -0.05) is 26.0 Å². The number of rotatable bonds is 5. The van der Waals surface area contributed by atoms with Crippen molar-refractivity contribution in [3.8, 4) is 16.9 Å². The minimum atomic E-state index is -0.842. The molecule has 4 heteroatoms. The molecule has 21 heavy (non-hydrogen) atoms. The third-order valence-corrected chi connectivity index (χ3v) is 3.24. The van der Waals surface area contributed by atoms with E-state index in [4.69, 9.17) is 4.74 Å². The van der Waals surface area contributed by atoms with Crippen molar-refractivity contribution < 1.29 is 13.5 Å². The topological polar surface area (TPSA) is 21.3 Å². The van der Waals surface area contributed by atoms with Crippen LogP contribution in [0, 0.1) is 11.6 Å². The average molecular weight is 291 g/mol. The van der Waals surface area contributed by atoms with E-state index >= 15 is 0 Å². The Hall–Kier alpha value is -1.94. The van der Waals surface area contributed by atoms with Crippen molar-refractivity contribution in [2.45, 2.75) is 26.4 Å².